The third kappa shape index (κ3) is 12.4. The number of anilines is 4. The van der Waals surface area contributed by atoms with Gasteiger partial charge in [0.1, 0.15) is 23.0 Å². The van der Waals surface area contributed by atoms with E-state index in [0.29, 0.717) is 180 Å². The number of benzene rings is 12. The number of ether oxygens (including phenoxy) is 4. The predicted molar refractivity (Wildman–Crippen MR) is 448 cm³/mol. The minimum atomic E-state index is -0.332. The van der Waals surface area contributed by atoms with Gasteiger partial charge in [0.15, 0.2) is 0 Å². The smallest absolute Gasteiger partial charge is 0.657 e. The summed E-state index contributed by atoms with van der Waals surface area (Å²) < 4.78 is 26.1. The molecule has 0 spiro atoms. The summed E-state index contributed by atoms with van der Waals surface area (Å²) in [6.07, 6.45) is 7.31. The molecule has 17 heteroatoms. The van der Waals surface area contributed by atoms with Gasteiger partial charge in [0.25, 0.3) is 0 Å². The van der Waals surface area contributed by atoms with Crippen molar-refractivity contribution in [3.63, 3.8) is 0 Å². The normalized spacial score (nSPS) is 13.2. The first-order chi connectivity index (χ1) is 55.0. The van der Waals surface area contributed by atoms with Gasteiger partial charge < -0.3 is 50.2 Å². The van der Waals surface area contributed by atoms with Gasteiger partial charge in [0.2, 0.25) is 23.6 Å². The van der Waals surface area contributed by atoms with Gasteiger partial charge >= 0.3 is 16.8 Å². The van der Waals surface area contributed by atoms with Crippen LogP contribution in [0.1, 0.15) is 45.0 Å². The van der Waals surface area contributed by atoms with Crippen molar-refractivity contribution < 1.29 is 54.9 Å². The minimum Gasteiger partial charge on any atom is -0.657 e. The van der Waals surface area contributed by atoms with Gasteiger partial charge in [-0.2, -0.15) is 0 Å². The number of para-hydroxylation sites is 4. The first kappa shape index (κ1) is 70.5. The van der Waals surface area contributed by atoms with E-state index >= 15 is 19.2 Å². The van der Waals surface area contributed by atoms with Crippen LogP contribution in [0.2, 0.25) is 0 Å². The van der Waals surface area contributed by atoms with Crippen molar-refractivity contribution in [2.45, 2.75) is 25.7 Å². The number of carbonyl (C=O) groups is 4. The van der Waals surface area contributed by atoms with E-state index in [1.165, 1.54) is 0 Å². The number of fused-ring (bicyclic) bond motifs is 34. The van der Waals surface area contributed by atoms with Crippen LogP contribution in [-0.4, -0.2) is 62.0 Å². The van der Waals surface area contributed by atoms with Crippen molar-refractivity contribution in [2.75, 3.05) is 49.7 Å². The van der Waals surface area contributed by atoms with Crippen molar-refractivity contribution in [3.05, 3.63) is 288 Å². The van der Waals surface area contributed by atoms with Crippen molar-refractivity contribution in [1.29, 1.82) is 0 Å². The second-order valence-corrected chi connectivity index (χ2v) is 28.1. The molecule has 20 bridgehead atoms. The Labute approximate surface area is 659 Å². The molecule has 549 valence electrons. The maximum Gasteiger partial charge on any atom is 2.00 e. The van der Waals surface area contributed by atoms with Gasteiger partial charge in [-0.25, -0.2) is 9.97 Å². The standard InChI is InChI=1S/C96H70N8O8.Co/c1-109-93-57-45-53-21-5-9-25-61(53)89(93)90-62-26-10-6-22-54(62)46-58(94(90)110-2)50-82(106)102-70-34-18-14-30-66(70)86-74-38-37-73(97-74)85(65-29-13-17-33-69(65)101-81(105)49-57)77-41-42-78(99-77)87-67-31-15-19-35-71(67)103-83(107)51-59-47-55-23-7-11-27-63(55)91(95(59)111-3)92-64-28-12-8-24-56(64)48-60(96(92)112-4)52-84(108)104-72-36-20-16-32-68(72)88(76-40-39-75(87)98-76)80-44-43-79(86)100-80;/h5-48H,49-52H2,1-4H3,(H6,97,98,99,100,101,102,103,104,105,106,107,108);/q;+2/p-2. The molecule has 0 unspecified atom stereocenters. The van der Waals surface area contributed by atoms with Crippen LogP contribution in [0.5, 0.6) is 23.0 Å². The van der Waals surface area contributed by atoms with Crippen LogP contribution >= 0.6 is 0 Å². The van der Waals surface area contributed by atoms with Gasteiger partial charge in [0, 0.05) is 89.5 Å². The number of nitrogens with zero attached hydrogens (tertiary/aromatic N) is 4. The molecule has 4 amide bonds. The molecule has 12 aromatic carbocycles. The summed E-state index contributed by atoms with van der Waals surface area (Å²) in [6.45, 7) is 0. The number of carbonyl (C=O) groups excluding carboxylic acids is 4. The van der Waals surface area contributed by atoms with Crippen LogP contribution in [0.3, 0.4) is 0 Å². The third-order valence-corrected chi connectivity index (χ3v) is 21.5. The van der Waals surface area contributed by atoms with Crippen molar-refractivity contribution in [1.82, 2.24) is 19.9 Å². The van der Waals surface area contributed by atoms with E-state index in [1.807, 2.05) is 267 Å². The Morgan fingerprint density at radius 3 is 0.717 bits per heavy atom. The van der Waals surface area contributed by atoms with Crippen molar-refractivity contribution in [3.8, 4) is 89.8 Å². The quantitative estimate of drug-likeness (QED) is 0.130. The molecular formula is C96H68CoN8O8. The Hall–Kier alpha value is -14.1. The Balaban J connectivity index is 0.00000889. The van der Waals surface area contributed by atoms with Gasteiger partial charge in [0.05, 0.1) is 76.9 Å². The zero-order chi connectivity index (χ0) is 75.8. The van der Waals surface area contributed by atoms with Crippen molar-refractivity contribution in [2.24, 2.45) is 0 Å². The molecule has 19 rings (SSSR count). The van der Waals surface area contributed by atoms with Crippen LogP contribution in [0, 0.1) is 0 Å². The molecule has 1 radical (unpaired) electrons. The molecule has 16 nitrogen and oxygen atoms in total. The molecule has 15 aromatic rings. The topological polar surface area (TPSA) is 207 Å². The number of amides is 4. The summed E-state index contributed by atoms with van der Waals surface area (Å²) in [5, 5.41) is 20.3. The number of nitrogens with one attached hydrogen (secondary N) is 4. The fraction of sp³-hybridized carbons (Fsp3) is 0.0833. The molecule has 3 aromatic heterocycles. The summed E-state index contributed by atoms with van der Waals surface area (Å²) >= 11 is 0. The average Bonchev–Trinajstić information content (AvgIpc) is 1.20. The van der Waals surface area contributed by atoms with E-state index in [1.54, 1.807) is 28.4 Å². The molecule has 4 N–H and O–H groups in total. The fourth-order valence-electron chi connectivity index (χ4n) is 16.9. The van der Waals surface area contributed by atoms with Gasteiger partial charge in [-0.05, 0) is 138 Å². The third-order valence-electron chi connectivity index (χ3n) is 21.5. The molecule has 0 fully saturated rings. The van der Waals surface area contributed by atoms with Gasteiger partial charge in [-0.1, -0.05) is 194 Å². The molecule has 4 aliphatic heterocycles. The largest absolute Gasteiger partial charge is 2.00 e. The zero-order valence-corrected chi connectivity index (χ0v) is 62.7. The van der Waals surface area contributed by atoms with E-state index in [2.05, 4.69) is 21.3 Å². The summed E-state index contributed by atoms with van der Waals surface area (Å²) in [5.41, 5.74) is 15.9. The van der Waals surface area contributed by atoms with E-state index in [-0.39, 0.29) is 66.1 Å². The first-order valence-corrected chi connectivity index (χ1v) is 37.0. The monoisotopic (exact) mass is 1520 g/mol. The van der Waals surface area contributed by atoms with E-state index in [9.17, 15) is 0 Å². The summed E-state index contributed by atoms with van der Waals surface area (Å²) in [5.74, 6) is 0.557. The van der Waals surface area contributed by atoms with Crippen LogP contribution in [0.15, 0.2) is 243 Å². The van der Waals surface area contributed by atoms with E-state index in [0.717, 1.165) is 43.1 Å². The average molecular weight is 1520 g/mol. The number of hydrogen-bond donors (Lipinski definition) is 4. The number of rotatable bonds is 4. The minimum absolute atomic E-state index is 0. The summed E-state index contributed by atoms with van der Waals surface area (Å²) in [6, 6.07) is 78.3. The maximum absolute atomic E-state index is 15.5. The Bertz CT molecular complexity index is 6030. The maximum atomic E-state index is 15.5. The molecule has 7 heterocycles. The molecule has 113 heavy (non-hydrogen) atoms. The SMILES string of the molecule is COc1c2cc3ccccc3c1-c1c(OC)c(cc3ccccc13)CC(=O)Nc1ccccc1-c1c3nc(c4c5ccc([n-]5)c(c5nc(c(c6ccc1[n-]6)-c1ccccc1NC(=O)C2)C=C5)-c1ccccc1NC(=O)Cc1cc2ccccc2c(c1OC)-c1c(OC)c(cc2ccccc12)CC(=O)Nc1ccccc1-4)C=C3.[Co+2]. The van der Waals surface area contributed by atoms with Crippen molar-refractivity contribution >= 4 is 136 Å². The second-order valence-electron chi connectivity index (χ2n) is 28.1. The Morgan fingerprint density at radius 1 is 0.274 bits per heavy atom. The number of methoxy groups -OCH3 is 4. The van der Waals surface area contributed by atoms with Gasteiger partial charge in [-0.15, -0.1) is 22.1 Å². The van der Waals surface area contributed by atoms with Gasteiger partial charge in [-0.3, -0.25) is 19.2 Å². The molecule has 0 atom stereocenters. The summed E-state index contributed by atoms with van der Waals surface area (Å²) in [7, 11) is 6.45. The Morgan fingerprint density at radius 2 is 0.487 bits per heavy atom. The van der Waals surface area contributed by atoms with Crippen LogP contribution < -0.4 is 50.2 Å². The molecular weight excluding hydrogens is 1450 g/mol. The van der Waals surface area contributed by atoms with Crippen LogP contribution in [0.4, 0.5) is 22.7 Å². The summed E-state index contributed by atoms with van der Waals surface area (Å²) in [4.78, 5) is 84.4. The van der Waals surface area contributed by atoms with E-state index < -0.39 is 0 Å². The molecule has 0 saturated carbocycles. The zero-order valence-electron chi connectivity index (χ0n) is 61.6. The van der Waals surface area contributed by atoms with Crippen LogP contribution in [0.25, 0.3) is 156 Å². The number of aromatic nitrogens is 4. The van der Waals surface area contributed by atoms with E-state index in [4.69, 9.17) is 38.9 Å². The Kier molecular flexibility index (Phi) is 18.1. The molecule has 0 saturated heterocycles. The first-order valence-electron chi connectivity index (χ1n) is 37.0. The fourth-order valence-corrected chi connectivity index (χ4v) is 16.9. The molecule has 0 aliphatic carbocycles. The second kappa shape index (κ2) is 29.0. The molecule has 4 aliphatic rings. The number of hydrogen-bond acceptors (Lipinski definition) is 10. The predicted octanol–water partition coefficient (Wildman–Crippen LogP) is 19.9. The van der Waals surface area contributed by atoms with Crippen LogP contribution in [-0.2, 0) is 61.6 Å².